The predicted molar refractivity (Wildman–Crippen MR) is 48.4 cm³/mol. The summed E-state index contributed by atoms with van der Waals surface area (Å²) in [4.78, 5) is 10.4. The maximum absolute atomic E-state index is 10.4. The molecule has 0 radical (unpaired) electrons. The van der Waals surface area contributed by atoms with Crippen LogP contribution in [-0.2, 0) is 4.79 Å². The van der Waals surface area contributed by atoms with E-state index in [0.717, 1.165) is 0 Å². The van der Waals surface area contributed by atoms with Crippen molar-refractivity contribution in [2.45, 2.75) is 6.10 Å². The first-order valence-corrected chi connectivity index (χ1v) is 4.21. The number of phenols is 1. The van der Waals surface area contributed by atoms with Gasteiger partial charge in [-0.05, 0) is 12.1 Å². The Morgan fingerprint density at radius 3 is 2.54 bits per heavy atom. The molecule has 0 spiro atoms. The van der Waals surface area contributed by atoms with Gasteiger partial charge in [0.05, 0.1) is 0 Å². The van der Waals surface area contributed by atoms with Crippen LogP contribution in [0.1, 0.15) is 11.7 Å². The molecule has 0 bridgehead atoms. The van der Waals surface area contributed by atoms with Gasteiger partial charge in [0.25, 0.3) is 0 Å². The van der Waals surface area contributed by atoms with E-state index in [2.05, 4.69) is 15.9 Å². The number of hydrogen-bond acceptors (Lipinski definition) is 3. The third-order valence-electron chi connectivity index (χ3n) is 1.51. The zero-order valence-electron chi connectivity index (χ0n) is 6.44. The van der Waals surface area contributed by atoms with Gasteiger partial charge in [-0.2, -0.15) is 0 Å². The van der Waals surface area contributed by atoms with Crippen LogP contribution < -0.4 is 0 Å². The molecule has 70 valence electrons. The number of aliphatic hydroxyl groups is 1. The van der Waals surface area contributed by atoms with Crippen LogP contribution in [0.25, 0.3) is 0 Å². The van der Waals surface area contributed by atoms with Gasteiger partial charge in [-0.15, -0.1) is 0 Å². The number of aliphatic carboxylic acids is 1. The van der Waals surface area contributed by atoms with Crippen LogP contribution in [0.5, 0.6) is 5.75 Å². The molecule has 13 heavy (non-hydrogen) atoms. The monoisotopic (exact) mass is 246 g/mol. The summed E-state index contributed by atoms with van der Waals surface area (Å²) in [5.74, 6) is -1.32. The summed E-state index contributed by atoms with van der Waals surface area (Å²) in [6, 6.07) is 3.98. The molecule has 4 nitrogen and oxygen atoms in total. The summed E-state index contributed by atoms with van der Waals surface area (Å²) in [5, 5.41) is 26.7. The number of carboxylic acids is 1. The number of rotatable bonds is 2. The minimum absolute atomic E-state index is 0.00761. The van der Waals surface area contributed by atoms with Crippen molar-refractivity contribution in [3.63, 3.8) is 0 Å². The number of benzene rings is 1. The Morgan fingerprint density at radius 1 is 1.46 bits per heavy atom. The zero-order valence-corrected chi connectivity index (χ0v) is 8.02. The molecule has 1 aromatic rings. The van der Waals surface area contributed by atoms with Gasteiger partial charge in [0.1, 0.15) is 5.75 Å². The highest BCUT2D eigenvalue weighted by atomic mass is 79.9. The molecule has 0 aromatic heterocycles. The highest BCUT2D eigenvalue weighted by Gasteiger charge is 2.18. The number of hydrogen-bond donors (Lipinski definition) is 3. The van der Waals surface area contributed by atoms with Crippen LogP contribution in [-0.4, -0.2) is 21.3 Å². The average molecular weight is 247 g/mol. The molecule has 5 heteroatoms. The lowest BCUT2D eigenvalue weighted by Gasteiger charge is -2.07. The van der Waals surface area contributed by atoms with Crippen LogP contribution in [0.15, 0.2) is 22.7 Å². The van der Waals surface area contributed by atoms with E-state index in [9.17, 15) is 4.79 Å². The van der Waals surface area contributed by atoms with Crippen LogP contribution in [0, 0.1) is 0 Å². The summed E-state index contributed by atoms with van der Waals surface area (Å²) in [6.45, 7) is 0. The molecule has 3 N–H and O–H groups in total. The SMILES string of the molecule is O=C(O)C(O)c1ccc(O)cc1Br. The molecule has 0 heterocycles. The number of halogens is 1. The van der Waals surface area contributed by atoms with Crippen LogP contribution in [0.2, 0.25) is 0 Å². The average Bonchev–Trinajstić information content (AvgIpc) is 2.03. The summed E-state index contributed by atoms with van der Waals surface area (Å²) in [5.41, 5.74) is 0.213. The molecule has 1 unspecified atom stereocenters. The second-order valence-corrected chi connectivity index (χ2v) is 3.30. The smallest absolute Gasteiger partial charge is 0.337 e. The summed E-state index contributed by atoms with van der Waals surface area (Å²) >= 11 is 3.03. The first-order valence-electron chi connectivity index (χ1n) is 3.41. The zero-order chi connectivity index (χ0) is 10.0. The second-order valence-electron chi connectivity index (χ2n) is 2.45. The van der Waals surface area contributed by atoms with E-state index in [1.807, 2.05) is 0 Å². The third-order valence-corrected chi connectivity index (χ3v) is 2.20. The normalized spacial score (nSPS) is 12.5. The minimum Gasteiger partial charge on any atom is -0.508 e. The molecule has 0 saturated carbocycles. The summed E-state index contributed by atoms with van der Waals surface area (Å²) in [7, 11) is 0. The lowest BCUT2D eigenvalue weighted by Crippen LogP contribution is -2.10. The highest BCUT2D eigenvalue weighted by Crippen LogP contribution is 2.27. The molecule has 0 amide bonds. The van der Waals surface area contributed by atoms with E-state index in [-0.39, 0.29) is 11.3 Å². The Balaban J connectivity index is 3.08. The number of aromatic hydroxyl groups is 1. The Morgan fingerprint density at radius 2 is 2.08 bits per heavy atom. The van der Waals surface area contributed by atoms with Crippen LogP contribution in [0.4, 0.5) is 0 Å². The van der Waals surface area contributed by atoms with Gasteiger partial charge in [-0.3, -0.25) is 0 Å². The molecule has 0 saturated heterocycles. The van der Waals surface area contributed by atoms with E-state index in [1.54, 1.807) is 0 Å². The van der Waals surface area contributed by atoms with Crippen molar-refractivity contribution in [3.05, 3.63) is 28.2 Å². The quantitative estimate of drug-likeness (QED) is 0.735. The van der Waals surface area contributed by atoms with E-state index < -0.39 is 12.1 Å². The summed E-state index contributed by atoms with van der Waals surface area (Å²) < 4.78 is 0.363. The Kier molecular flexibility index (Phi) is 2.90. The molecule has 1 rings (SSSR count). The molecule has 1 aromatic carbocycles. The van der Waals surface area contributed by atoms with E-state index >= 15 is 0 Å². The second kappa shape index (κ2) is 3.76. The number of carboxylic acid groups (broad SMARTS) is 1. The van der Waals surface area contributed by atoms with Gasteiger partial charge in [0, 0.05) is 10.0 Å². The largest absolute Gasteiger partial charge is 0.508 e. The standard InChI is InChI=1S/C8H7BrO4/c9-6-3-4(10)1-2-5(6)7(11)8(12)13/h1-3,7,10-11H,(H,12,13). The molecule has 0 aliphatic heterocycles. The summed E-state index contributed by atoms with van der Waals surface area (Å²) in [6.07, 6.45) is -1.57. The van der Waals surface area contributed by atoms with Gasteiger partial charge in [0.15, 0.2) is 6.10 Å². The fourth-order valence-electron chi connectivity index (χ4n) is 0.871. The molecular formula is C8H7BrO4. The van der Waals surface area contributed by atoms with Gasteiger partial charge < -0.3 is 15.3 Å². The molecular weight excluding hydrogens is 240 g/mol. The maximum atomic E-state index is 10.4. The lowest BCUT2D eigenvalue weighted by atomic mass is 10.1. The van der Waals surface area contributed by atoms with Crippen molar-refractivity contribution in [2.75, 3.05) is 0 Å². The topological polar surface area (TPSA) is 77.8 Å². The number of carbonyl (C=O) groups is 1. The third kappa shape index (κ3) is 2.19. The van der Waals surface area contributed by atoms with Crippen molar-refractivity contribution in [1.29, 1.82) is 0 Å². The number of phenolic OH excluding ortho intramolecular Hbond substituents is 1. The fourth-order valence-corrected chi connectivity index (χ4v) is 1.45. The highest BCUT2D eigenvalue weighted by molar-refractivity contribution is 9.10. The Labute approximate surface area is 82.6 Å². The molecule has 0 aliphatic carbocycles. The molecule has 1 atom stereocenters. The van der Waals surface area contributed by atoms with Crippen LogP contribution >= 0.6 is 15.9 Å². The van der Waals surface area contributed by atoms with Gasteiger partial charge >= 0.3 is 5.97 Å². The maximum Gasteiger partial charge on any atom is 0.337 e. The molecule has 0 aliphatic rings. The van der Waals surface area contributed by atoms with Crippen molar-refractivity contribution < 1.29 is 20.1 Å². The fraction of sp³-hybridized carbons (Fsp3) is 0.125. The van der Waals surface area contributed by atoms with Gasteiger partial charge in [0.2, 0.25) is 0 Å². The first kappa shape index (κ1) is 10.0. The van der Waals surface area contributed by atoms with Gasteiger partial charge in [-0.25, -0.2) is 4.79 Å². The lowest BCUT2D eigenvalue weighted by molar-refractivity contribution is -0.147. The minimum atomic E-state index is -1.57. The molecule has 0 fully saturated rings. The Hall–Kier alpha value is -1.07. The van der Waals surface area contributed by atoms with E-state index in [1.165, 1.54) is 18.2 Å². The Bertz CT molecular complexity index is 337. The first-order chi connectivity index (χ1) is 6.02. The van der Waals surface area contributed by atoms with Crippen molar-refractivity contribution >= 4 is 21.9 Å². The number of aliphatic hydroxyl groups excluding tert-OH is 1. The van der Waals surface area contributed by atoms with Crippen LogP contribution in [0.3, 0.4) is 0 Å². The van der Waals surface area contributed by atoms with E-state index in [0.29, 0.717) is 4.47 Å². The van der Waals surface area contributed by atoms with Gasteiger partial charge in [-0.1, -0.05) is 22.0 Å². The van der Waals surface area contributed by atoms with Crippen molar-refractivity contribution in [2.24, 2.45) is 0 Å². The van der Waals surface area contributed by atoms with Crippen molar-refractivity contribution in [3.8, 4) is 5.75 Å². The van der Waals surface area contributed by atoms with E-state index in [4.69, 9.17) is 15.3 Å². The van der Waals surface area contributed by atoms with Crippen molar-refractivity contribution in [1.82, 2.24) is 0 Å². The predicted octanol–water partition coefficient (Wildman–Crippen LogP) is 1.27.